The van der Waals surface area contributed by atoms with Crippen LogP contribution in [0.3, 0.4) is 0 Å². The molecule has 1 fully saturated rings. The number of pyridine rings is 1. The summed E-state index contributed by atoms with van der Waals surface area (Å²) in [6.07, 6.45) is 4.92. The van der Waals surface area contributed by atoms with Crippen LogP contribution >= 0.6 is 11.6 Å². The SMILES string of the molecule is CN1CCCN(c2ccc(NC(=O)c3nccnc3C(=O)Nc3ccc(Cl)cn3)cc2)C1=O. The van der Waals surface area contributed by atoms with Crippen molar-refractivity contribution >= 4 is 46.6 Å². The lowest BCUT2D eigenvalue weighted by Gasteiger charge is -2.33. The fourth-order valence-corrected chi connectivity index (χ4v) is 3.43. The predicted molar refractivity (Wildman–Crippen MR) is 124 cm³/mol. The van der Waals surface area contributed by atoms with Crippen molar-refractivity contribution in [1.29, 1.82) is 0 Å². The molecule has 4 rings (SSSR count). The second kappa shape index (κ2) is 9.61. The third-order valence-electron chi connectivity index (χ3n) is 4.97. The van der Waals surface area contributed by atoms with Crippen LogP contribution in [0.4, 0.5) is 22.0 Å². The van der Waals surface area contributed by atoms with Crippen molar-refractivity contribution in [2.45, 2.75) is 6.42 Å². The maximum absolute atomic E-state index is 12.8. The van der Waals surface area contributed by atoms with Crippen LogP contribution in [-0.2, 0) is 0 Å². The molecule has 4 amide bonds. The van der Waals surface area contributed by atoms with Crippen LogP contribution in [0.1, 0.15) is 27.4 Å². The summed E-state index contributed by atoms with van der Waals surface area (Å²) in [5.41, 5.74) is 0.934. The van der Waals surface area contributed by atoms with Crippen molar-refractivity contribution in [2.24, 2.45) is 0 Å². The monoisotopic (exact) mass is 465 g/mol. The first-order chi connectivity index (χ1) is 15.9. The maximum atomic E-state index is 12.8. The van der Waals surface area contributed by atoms with Crippen LogP contribution < -0.4 is 15.5 Å². The lowest BCUT2D eigenvalue weighted by atomic mass is 10.2. The molecule has 0 bridgehead atoms. The molecular weight excluding hydrogens is 446 g/mol. The van der Waals surface area contributed by atoms with E-state index in [1.165, 1.54) is 24.7 Å². The van der Waals surface area contributed by atoms with E-state index in [-0.39, 0.29) is 23.2 Å². The van der Waals surface area contributed by atoms with Gasteiger partial charge in [0.2, 0.25) is 0 Å². The van der Waals surface area contributed by atoms with Gasteiger partial charge >= 0.3 is 6.03 Å². The zero-order valence-electron chi connectivity index (χ0n) is 17.7. The van der Waals surface area contributed by atoms with E-state index in [9.17, 15) is 14.4 Å². The largest absolute Gasteiger partial charge is 0.327 e. The molecular formula is C22H20ClN7O3. The van der Waals surface area contributed by atoms with Gasteiger partial charge in [-0.1, -0.05) is 11.6 Å². The van der Waals surface area contributed by atoms with Gasteiger partial charge in [-0.25, -0.2) is 19.7 Å². The molecule has 0 aliphatic carbocycles. The van der Waals surface area contributed by atoms with Crippen LogP contribution in [0.5, 0.6) is 0 Å². The van der Waals surface area contributed by atoms with Crippen molar-refractivity contribution in [3.63, 3.8) is 0 Å². The highest BCUT2D eigenvalue weighted by Crippen LogP contribution is 2.22. The van der Waals surface area contributed by atoms with E-state index >= 15 is 0 Å². The molecule has 2 N–H and O–H groups in total. The normalized spacial score (nSPS) is 13.6. The second-order valence-electron chi connectivity index (χ2n) is 7.28. The van der Waals surface area contributed by atoms with E-state index in [1.54, 1.807) is 47.2 Å². The Kier molecular flexibility index (Phi) is 6.45. The zero-order valence-corrected chi connectivity index (χ0v) is 18.4. The molecule has 1 aromatic carbocycles. The molecule has 168 valence electrons. The molecule has 3 heterocycles. The number of nitrogens with zero attached hydrogens (tertiary/aromatic N) is 5. The molecule has 0 spiro atoms. The number of hydrogen-bond acceptors (Lipinski definition) is 6. The highest BCUT2D eigenvalue weighted by molar-refractivity contribution is 6.30. The van der Waals surface area contributed by atoms with E-state index in [0.29, 0.717) is 17.3 Å². The average Bonchev–Trinajstić information content (AvgIpc) is 2.83. The van der Waals surface area contributed by atoms with Gasteiger partial charge in [0.15, 0.2) is 11.4 Å². The third-order valence-corrected chi connectivity index (χ3v) is 5.19. The Hall–Kier alpha value is -4.05. The summed E-state index contributed by atoms with van der Waals surface area (Å²) in [5.74, 6) is -0.972. The Labute approximate surface area is 194 Å². The number of rotatable bonds is 5. The number of hydrogen-bond donors (Lipinski definition) is 2. The summed E-state index contributed by atoms with van der Waals surface area (Å²) in [6, 6.07) is 9.91. The summed E-state index contributed by atoms with van der Waals surface area (Å²) < 4.78 is 0. The van der Waals surface area contributed by atoms with E-state index in [1.807, 2.05) is 0 Å². The molecule has 1 aliphatic rings. The van der Waals surface area contributed by atoms with Gasteiger partial charge in [-0.2, -0.15) is 0 Å². The second-order valence-corrected chi connectivity index (χ2v) is 7.72. The zero-order chi connectivity index (χ0) is 23.4. The number of halogens is 1. The quantitative estimate of drug-likeness (QED) is 0.596. The number of urea groups is 1. The highest BCUT2D eigenvalue weighted by atomic mass is 35.5. The number of anilines is 3. The van der Waals surface area contributed by atoms with Gasteiger partial charge in [0.1, 0.15) is 5.82 Å². The predicted octanol–water partition coefficient (Wildman–Crippen LogP) is 3.29. The minimum absolute atomic E-state index is 0.0663. The summed E-state index contributed by atoms with van der Waals surface area (Å²) in [7, 11) is 1.76. The Morgan fingerprint density at radius 1 is 0.909 bits per heavy atom. The van der Waals surface area contributed by atoms with Crippen molar-refractivity contribution in [3.8, 4) is 0 Å². The molecule has 0 unspecified atom stereocenters. The van der Waals surface area contributed by atoms with E-state index in [4.69, 9.17) is 11.6 Å². The Morgan fingerprint density at radius 2 is 1.58 bits per heavy atom. The lowest BCUT2D eigenvalue weighted by molar-refractivity contribution is 0.0982. The Morgan fingerprint density at radius 3 is 2.21 bits per heavy atom. The van der Waals surface area contributed by atoms with Crippen LogP contribution in [0.25, 0.3) is 0 Å². The van der Waals surface area contributed by atoms with Gasteiger partial charge in [0.05, 0.1) is 5.02 Å². The first-order valence-corrected chi connectivity index (χ1v) is 10.5. The van der Waals surface area contributed by atoms with Crippen LogP contribution in [-0.4, -0.2) is 57.8 Å². The molecule has 10 nitrogen and oxygen atoms in total. The average molecular weight is 466 g/mol. The highest BCUT2D eigenvalue weighted by Gasteiger charge is 2.24. The van der Waals surface area contributed by atoms with Gasteiger partial charge in [0.25, 0.3) is 11.8 Å². The van der Waals surface area contributed by atoms with Gasteiger partial charge in [-0.3, -0.25) is 14.5 Å². The fourth-order valence-electron chi connectivity index (χ4n) is 3.31. The standard InChI is InChI=1S/C22H20ClN7O3/c1-29-11-2-12-30(22(29)33)16-6-4-15(5-7-16)27-20(31)18-19(25-10-9-24-18)21(32)28-17-8-3-14(23)13-26-17/h3-10,13H,2,11-12H2,1H3,(H,27,31)(H,26,28,32). The number of amides is 4. The third kappa shape index (κ3) is 5.07. The number of benzene rings is 1. The van der Waals surface area contributed by atoms with Crippen molar-refractivity contribution in [1.82, 2.24) is 19.9 Å². The lowest BCUT2D eigenvalue weighted by Crippen LogP contribution is -2.47. The van der Waals surface area contributed by atoms with Gasteiger partial charge in [0, 0.05) is 50.1 Å². The van der Waals surface area contributed by atoms with Crippen LogP contribution in [0.15, 0.2) is 55.0 Å². The first-order valence-electron chi connectivity index (χ1n) is 10.1. The number of aromatic nitrogens is 3. The van der Waals surface area contributed by atoms with E-state index < -0.39 is 11.8 Å². The van der Waals surface area contributed by atoms with Crippen LogP contribution in [0.2, 0.25) is 5.02 Å². The van der Waals surface area contributed by atoms with Crippen molar-refractivity contribution in [3.05, 3.63) is 71.4 Å². The maximum Gasteiger partial charge on any atom is 0.324 e. The minimum Gasteiger partial charge on any atom is -0.327 e. The first kappa shape index (κ1) is 22.2. The molecule has 0 atom stereocenters. The summed E-state index contributed by atoms with van der Waals surface area (Å²) >= 11 is 5.80. The fraction of sp³-hybridized carbons (Fsp3) is 0.182. The van der Waals surface area contributed by atoms with Crippen molar-refractivity contribution in [2.75, 3.05) is 35.7 Å². The smallest absolute Gasteiger partial charge is 0.324 e. The molecule has 0 saturated carbocycles. The van der Waals surface area contributed by atoms with Crippen molar-refractivity contribution < 1.29 is 14.4 Å². The van der Waals surface area contributed by atoms with Crippen LogP contribution in [0, 0.1) is 0 Å². The van der Waals surface area contributed by atoms with Gasteiger partial charge in [-0.05, 0) is 42.8 Å². The molecule has 1 aliphatic heterocycles. The Bertz CT molecular complexity index is 1190. The Balaban J connectivity index is 1.47. The molecule has 3 aromatic rings. The molecule has 33 heavy (non-hydrogen) atoms. The van der Waals surface area contributed by atoms with Gasteiger partial charge in [-0.15, -0.1) is 0 Å². The number of nitrogens with one attached hydrogen (secondary N) is 2. The molecule has 0 radical (unpaired) electrons. The van der Waals surface area contributed by atoms with E-state index in [2.05, 4.69) is 25.6 Å². The number of carbonyl (C=O) groups excluding carboxylic acids is 3. The summed E-state index contributed by atoms with van der Waals surface area (Å²) in [6.45, 7) is 1.36. The summed E-state index contributed by atoms with van der Waals surface area (Å²) in [4.78, 5) is 53.2. The van der Waals surface area contributed by atoms with E-state index in [0.717, 1.165) is 18.7 Å². The topological polar surface area (TPSA) is 120 Å². The summed E-state index contributed by atoms with van der Waals surface area (Å²) in [5, 5.41) is 5.70. The minimum atomic E-state index is -0.633. The number of carbonyl (C=O) groups is 3. The molecule has 1 saturated heterocycles. The molecule has 11 heteroatoms. The van der Waals surface area contributed by atoms with Gasteiger partial charge < -0.3 is 15.5 Å². The molecule has 2 aromatic heterocycles.